The lowest BCUT2D eigenvalue weighted by Gasteiger charge is -2.05. The fourth-order valence-electron chi connectivity index (χ4n) is 1.72. The molecule has 0 saturated carbocycles. The molecule has 3 nitrogen and oxygen atoms in total. The predicted molar refractivity (Wildman–Crippen MR) is 60.4 cm³/mol. The number of benzene rings is 1. The standard InChI is InChI=1S/C12H13FN2O/c1-7(2)10-11(15-16-12(10)14)8-5-3-4-6-9(8)13/h3-7H,14H2,1-2H3. The molecular weight excluding hydrogens is 207 g/mol. The van der Waals surface area contributed by atoms with Gasteiger partial charge in [-0.05, 0) is 18.1 Å². The monoisotopic (exact) mass is 220 g/mol. The van der Waals surface area contributed by atoms with Crippen molar-refractivity contribution in [3.05, 3.63) is 35.6 Å². The SMILES string of the molecule is CC(C)c1c(-c2ccccc2F)noc1N. The molecule has 0 fully saturated rings. The maximum atomic E-state index is 13.6. The van der Waals surface area contributed by atoms with E-state index >= 15 is 0 Å². The van der Waals surface area contributed by atoms with Gasteiger partial charge in [0.1, 0.15) is 11.5 Å². The summed E-state index contributed by atoms with van der Waals surface area (Å²) >= 11 is 0. The summed E-state index contributed by atoms with van der Waals surface area (Å²) in [6, 6.07) is 6.45. The first-order valence-corrected chi connectivity index (χ1v) is 5.11. The van der Waals surface area contributed by atoms with Gasteiger partial charge in [-0.25, -0.2) is 4.39 Å². The largest absolute Gasteiger partial charge is 0.367 e. The first kappa shape index (κ1) is 10.7. The third-order valence-corrected chi connectivity index (χ3v) is 2.46. The van der Waals surface area contributed by atoms with Gasteiger partial charge in [0.2, 0.25) is 5.88 Å². The molecule has 4 heteroatoms. The molecule has 0 unspecified atom stereocenters. The van der Waals surface area contributed by atoms with Gasteiger partial charge in [-0.1, -0.05) is 31.1 Å². The van der Waals surface area contributed by atoms with Gasteiger partial charge in [-0.15, -0.1) is 0 Å². The zero-order chi connectivity index (χ0) is 11.7. The number of aromatic nitrogens is 1. The van der Waals surface area contributed by atoms with Crippen LogP contribution in [-0.2, 0) is 0 Å². The summed E-state index contributed by atoms with van der Waals surface area (Å²) < 4.78 is 18.5. The summed E-state index contributed by atoms with van der Waals surface area (Å²) in [6.07, 6.45) is 0. The lowest BCUT2D eigenvalue weighted by Crippen LogP contribution is -1.95. The van der Waals surface area contributed by atoms with Crippen molar-refractivity contribution >= 4 is 5.88 Å². The van der Waals surface area contributed by atoms with Crippen molar-refractivity contribution in [1.29, 1.82) is 0 Å². The highest BCUT2D eigenvalue weighted by molar-refractivity contribution is 5.68. The van der Waals surface area contributed by atoms with Crippen molar-refractivity contribution < 1.29 is 8.91 Å². The van der Waals surface area contributed by atoms with Gasteiger partial charge in [-0.3, -0.25) is 0 Å². The Kier molecular flexibility index (Phi) is 2.64. The Morgan fingerprint density at radius 3 is 2.62 bits per heavy atom. The second kappa shape index (κ2) is 3.96. The number of halogens is 1. The van der Waals surface area contributed by atoms with E-state index in [1.165, 1.54) is 6.07 Å². The van der Waals surface area contributed by atoms with Crippen LogP contribution in [-0.4, -0.2) is 5.16 Å². The van der Waals surface area contributed by atoms with Gasteiger partial charge in [0.15, 0.2) is 0 Å². The van der Waals surface area contributed by atoms with E-state index in [-0.39, 0.29) is 17.6 Å². The zero-order valence-corrected chi connectivity index (χ0v) is 9.20. The Labute approximate surface area is 93.1 Å². The van der Waals surface area contributed by atoms with Gasteiger partial charge in [-0.2, -0.15) is 0 Å². The van der Waals surface area contributed by atoms with Crippen LogP contribution in [0, 0.1) is 5.82 Å². The van der Waals surface area contributed by atoms with E-state index in [1.807, 2.05) is 13.8 Å². The van der Waals surface area contributed by atoms with Crippen LogP contribution < -0.4 is 5.73 Å². The second-order valence-corrected chi connectivity index (χ2v) is 3.94. The number of anilines is 1. The lowest BCUT2D eigenvalue weighted by atomic mass is 9.98. The molecule has 1 aromatic carbocycles. The smallest absolute Gasteiger partial charge is 0.226 e. The molecule has 0 aliphatic heterocycles. The van der Waals surface area contributed by atoms with Crippen molar-refractivity contribution in [1.82, 2.24) is 5.16 Å². The maximum Gasteiger partial charge on any atom is 0.226 e. The second-order valence-electron chi connectivity index (χ2n) is 3.94. The van der Waals surface area contributed by atoms with Crippen molar-refractivity contribution in [2.24, 2.45) is 0 Å². The average molecular weight is 220 g/mol. The highest BCUT2D eigenvalue weighted by Crippen LogP contribution is 2.33. The maximum absolute atomic E-state index is 13.6. The molecule has 1 aromatic heterocycles. The highest BCUT2D eigenvalue weighted by atomic mass is 19.1. The first-order valence-electron chi connectivity index (χ1n) is 5.11. The van der Waals surface area contributed by atoms with Crippen LogP contribution >= 0.6 is 0 Å². The number of hydrogen-bond donors (Lipinski definition) is 1. The molecule has 0 atom stereocenters. The van der Waals surface area contributed by atoms with E-state index in [1.54, 1.807) is 18.2 Å². The molecule has 0 aliphatic rings. The summed E-state index contributed by atoms with van der Waals surface area (Å²) in [6.45, 7) is 3.93. The van der Waals surface area contributed by atoms with E-state index in [4.69, 9.17) is 10.3 Å². The normalized spacial score (nSPS) is 11.0. The highest BCUT2D eigenvalue weighted by Gasteiger charge is 2.20. The van der Waals surface area contributed by atoms with E-state index < -0.39 is 0 Å². The van der Waals surface area contributed by atoms with E-state index in [2.05, 4.69) is 5.16 Å². The molecule has 0 aliphatic carbocycles. The number of hydrogen-bond acceptors (Lipinski definition) is 3. The first-order chi connectivity index (χ1) is 7.61. The molecule has 0 spiro atoms. The van der Waals surface area contributed by atoms with Crippen LogP contribution in [0.4, 0.5) is 10.3 Å². The van der Waals surface area contributed by atoms with Crippen molar-refractivity contribution in [3.8, 4) is 11.3 Å². The lowest BCUT2D eigenvalue weighted by molar-refractivity contribution is 0.437. The molecule has 16 heavy (non-hydrogen) atoms. The Morgan fingerprint density at radius 2 is 2.00 bits per heavy atom. The topological polar surface area (TPSA) is 52.0 Å². The molecule has 0 bridgehead atoms. The number of nitrogen functional groups attached to an aromatic ring is 1. The van der Waals surface area contributed by atoms with Gasteiger partial charge < -0.3 is 10.3 Å². The van der Waals surface area contributed by atoms with Crippen LogP contribution in [0.5, 0.6) is 0 Å². The van der Waals surface area contributed by atoms with Crippen LogP contribution in [0.25, 0.3) is 11.3 Å². The summed E-state index contributed by atoms with van der Waals surface area (Å²) in [5, 5.41) is 3.83. The fraction of sp³-hybridized carbons (Fsp3) is 0.250. The number of rotatable bonds is 2. The zero-order valence-electron chi connectivity index (χ0n) is 9.20. The molecule has 2 aromatic rings. The van der Waals surface area contributed by atoms with Gasteiger partial charge in [0.25, 0.3) is 0 Å². The van der Waals surface area contributed by atoms with E-state index in [9.17, 15) is 4.39 Å². The van der Waals surface area contributed by atoms with Crippen molar-refractivity contribution in [2.75, 3.05) is 5.73 Å². The predicted octanol–water partition coefficient (Wildman–Crippen LogP) is 3.19. The quantitative estimate of drug-likeness (QED) is 0.845. The molecule has 1 heterocycles. The Morgan fingerprint density at radius 1 is 1.31 bits per heavy atom. The van der Waals surface area contributed by atoms with Gasteiger partial charge in [0, 0.05) is 11.1 Å². The minimum Gasteiger partial charge on any atom is -0.367 e. The van der Waals surface area contributed by atoms with Crippen molar-refractivity contribution in [2.45, 2.75) is 19.8 Å². The molecule has 0 radical (unpaired) electrons. The van der Waals surface area contributed by atoms with Crippen LogP contribution in [0.1, 0.15) is 25.3 Å². The Bertz CT molecular complexity index is 505. The number of nitrogens with zero attached hydrogens (tertiary/aromatic N) is 1. The summed E-state index contributed by atoms with van der Waals surface area (Å²) in [4.78, 5) is 0. The van der Waals surface area contributed by atoms with Crippen LogP contribution in [0.3, 0.4) is 0 Å². The van der Waals surface area contributed by atoms with Crippen LogP contribution in [0.15, 0.2) is 28.8 Å². The Balaban J connectivity index is 2.61. The van der Waals surface area contributed by atoms with Crippen LogP contribution in [0.2, 0.25) is 0 Å². The molecular formula is C12H13FN2O. The minimum atomic E-state index is -0.322. The average Bonchev–Trinajstić information content (AvgIpc) is 2.61. The molecule has 2 rings (SSSR count). The molecule has 84 valence electrons. The molecule has 2 N–H and O–H groups in total. The third kappa shape index (κ3) is 1.66. The molecule has 0 saturated heterocycles. The van der Waals surface area contributed by atoms with E-state index in [0.717, 1.165) is 5.56 Å². The summed E-state index contributed by atoms with van der Waals surface area (Å²) in [5.74, 6) is 0.0757. The summed E-state index contributed by atoms with van der Waals surface area (Å²) in [7, 11) is 0. The Hall–Kier alpha value is -1.84. The van der Waals surface area contributed by atoms with Gasteiger partial charge >= 0.3 is 0 Å². The van der Waals surface area contributed by atoms with E-state index in [0.29, 0.717) is 11.3 Å². The minimum absolute atomic E-state index is 0.140. The molecule has 0 amide bonds. The summed E-state index contributed by atoms with van der Waals surface area (Å²) in [5.41, 5.74) is 7.35. The van der Waals surface area contributed by atoms with Crippen molar-refractivity contribution in [3.63, 3.8) is 0 Å². The number of nitrogens with two attached hydrogens (primary N) is 1. The fourth-order valence-corrected chi connectivity index (χ4v) is 1.72. The third-order valence-electron chi connectivity index (χ3n) is 2.46. The van der Waals surface area contributed by atoms with Gasteiger partial charge in [0.05, 0.1) is 0 Å².